The lowest BCUT2D eigenvalue weighted by molar-refractivity contribution is 0.338. The van der Waals surface area contributed by atoms with Gasteiger partial charge in [-0.2, -0.15) is 0 Å². The SMILES string of the molecule is CC(C)(C)CC(N)Cc1ccnc2ccccc12. The highest BCUT2D eigenvalue weighted by atomic mass is 14.7. The maximum atomic E-state index is 6.26. The van der Waals surface area contributed by atoms with Crippen molar-refractivity contribution in [2.75, 3.05) is 0 Å². The molecule has 0 spiro atoms. The van der Waals surface area contributed by atoms with Crippen LogP contribution in [0.2, 0.25) is 0 Å². The quantitative estimate of drug-likeness (QED) is 0.894. The van der Waals surface area contributed by atoms with Crippen LogP contribution in [0.5, 0.6) is 0 Å². The van der Waals surface area contributed by atoms with Crippen molar-refractivity contribution in [1.29, 1.82) is 0 Å². The van der Waals surface area contributed by atoms with Crippen molar-refractivity contribution in [3.05, 3.63) is 42.1 Å². The molecule has 1 atom stereocenters. The second-order valence-corrected chi connectivity index (χ2v) is 6.22. The Kier molecular flexibility index (Phi) is 3.67. The van der Waals surface area contributed by atoms with Gasteiger partial charge in [-0.05, 0) is 36.0 Å². The van der Waals surface area contributed by atoms with E-state index in [1.807, 2.05) is 18.3 Å². The largest absolute Gasteiger partial charge is 0.327 e. The second kappa shape index (κ2) is 5.07. The van der Waals surface area contributed by atoms with Crippen LogP contribution in [0.15, 0.2) is 36.5 Å². The number of nitrogens with two attached hydrogens (primary N) is 1. The number of hydrogen-bond acceptors (Lipinski definition) is 2. The number of hydrogen-bond donors (Lipinski definition) is 1. The van der Waals surface area contributed by atoms with Gasteiger partial charge < -0.3 is 5.73 Å². The summed E-state index contributed by atoms with van der Waals surface area (Å²) in [6, 6.07) is 10.5. The summed E-state index contributed by atoms with van der Waals surface area (Å²) in [6.45, 7) is 6.70. The van der Waals surface area contributed by atoms with Gasteiger partial charge >= 0.3 is 0 Å². The number of aromatic nitrogens is 1. The summed E-state index contributed by atoms with van der Waals surface area (Å²) in [7, 11) is 0. The summed E-state index contributed by atoms with van der Waals surface area (Å²) < 4.78 is 0. The van der Waals surface area contributed by atoms with Crippen LogP contribution in [0, 0.1) is 5.41 Å². The Bertz CT molecular complexity index is 521. The predicted octanol–water partition coefficient (Wildman–Crippen LogP) is 3.54. The molecule has 0 aliphatic carbocycles. The van der Waals surface area contributed by atoms with Crippen LogP contribution in [0.1, 0.15) is 32.8 Å². The van der Waals surface area contributed by atoms with E-state index in [0.29, 0.717) is 0 Å². The highest BCUT2D eigenvalue weighted by molar-refractivity contribution is 5.81. The van der Waals surface area contributed by atoms with Crippen molar-refractivity contribution in [3.8, 4) is 0 Å². The van der Waals surface area contributed by atoms with Crippen molar-refractivity contribution in [2.45, 2.75) is 39.7 Å². The zero-order valence-electron chi connectivity index (χ0n) is 11.5. The molecule has 96 valence electrons. The molecule has 18 heavy (non-hydrogen) atoms. The molecule has 2 nitrogen and oxygen atoms in total. The highest BCUT2D eigenvalue weighted by Gasteiger charge is 2.16. The Morgan fingerprint density at radius 3 is 2.61 bits per heavy atom. The first-order chi connectivity index (χ1) is 8.46. The Morgan fingerprint density at radius 1 is 1.17 bits per heavy atom. The van der Waals surface area contributed by atoms with Crippen molar-refractivity contribution in [3.63, 3.8) is 0 Å². The fourth-order valence-electron chi connectivity index (χ4n) is 2.47. The van der Waals surface area contributed by atoms with Gasteiger partial charge in [0.2, 0.25) is 0 Å². The molecule has 0 radical (unpaired) electrons. The molecule has 2 heteroatoms. The molecule has 0 bridgehead atoms. The van der Waals surface area contributed by atoms with Gasteiger partial charge in [0.25, 0.3) is 0 Å². The molecule has 0 fully saturated rings. The lowest BCUT2D eigenvalue weighted by Crippen LogP contribution is -2.28. The first kappa shape index (κ1) is 13.0. The smallest absolute Gasteiger partial charge is 0.0704 e. The Hall–Kier alpha value is -1.41. The first-order valence-corrected chi connectivity index (χ1v) is 6.54. The molecule has 0 saturated carbocycles. The van der Waals surface area contributed by atoms with E-state index < -0.39 is 0 Å². The number of pyridine rings is 1. The van der Waals surface area contributed by atoms with E-state index in [2.05, 4.69) is 44.0 Å². The average molecular weight is 242 g/mol. The summed E-state index contributed by atoms with van der Waals surface area (Å²) in [5, 5.41) is 1.23. The third-order valence-electron chi connectivity index (χ3n) is 3.10. The molecule has 0 saturated heterocycles. The van der Waals surface area contributed by atoms with Gasteiger partial charge in [0.05, 0.1) is 5.52 Å². The van der Waals surface area contributed by atoms with E-state index in [4.69, 9.17) is 5.73 Å². The summed E-state index contributed by atoms with van der Waals surface area (Å²) in [6.07, 6.45) is 3.82. The van der Waals surface area contributed by atoms with Crippen LogP contribution in [0.3, 0.4) is 0 Å². The van der Waals surface area contributed by atoms with E-state index in [1.165, 1.54) is 10.9 Å². The lowest BCUT2D eigenvalue weighted by atomic mass is 9.86. The number of nitrogens with zero attached hydrogens (tertiary/aromatic N) is 1. The topological polar surface area (TPSA) is 38.9 Å². The Morgan fingerprint density at radius 2 is 1.89 bits per heavy atom. The molecule has 1 aromatic heterocycles. The van der Waals surface area contributed by atoms with Crippen LogP contribution in [0.4, 0.5) is 0 Å². The maximum Gasteiger partial charge on any atom is 0.0704 e. The molecule has 1 heterocycles. The summed E-state index contributed by atoms with van der Waals surface area (Å²) in [5.74, 6) is 0. The fraction of sp³-hybridized carbons (Fsp3) is 0.438. The minimum absolute atomic E-state index is 0.204. The molecular formula is C16H22N2. The molecule has 0 aliphatic heterocycles. The Balaban J connectivity index is 2.21. The van der Waals surface area contributed by atoms with Gasteiger partial charge in [-0.3, -0.25) is 4.98 Å². The van der Waals surface area contributed by atoms with Gasteiger partial charge in [-0.25, -0.2) is 0 Å². The normalized spacial score (nSPS) is 13.8. The van der Waals surface area contributed by atoms with Gasteiger partial charge in [0.1, 0.15) is 0 Å². The number of benzene rings is 1. The molecular weight excluding hydrogens is 220 g/mol. The second-order valence-electron chi connectivity index (χ2n) is 6.22. The molecule has 1 aromatic carbocycles. The van der Waals surface area contributed by atoms with Crippen LogP contribution in [0.25, 0.3) is 10.9 Å². The van der Waals surface area contributed by atoms with Crippen LogP contribution in [-0.4, -0.2) is 11.0 Å². The van der Waals surface area contributed by atoms with Crippen molar-refractivity contribution < 1.29 is 0 Å². The van der Waals surface area contributed by atoms with Gasteiger partial charge in [-0.1, -0.05) is 39.0 Å². The monoisotopic (exact) mass is 242 g/mol. The average Bonchev–Trinajstić information content (AvgIpc) is 2.27. The zero-order valence-corrected chi connectivity index (χ0v) is 11.5. The fourth-order valence-corrected chi connectivity index (χ4v) is 2.47. The van der Waals surface area contributed by atoms with Crippen molar-refractivity contribution >= 4 is 10.9 Å². The van der Waals surface area contributed by atoms with E-state index in [1.54, 1.807) is 0 Å². The van der Waals surface area contributed by atoms with E-state index in [-0.39, 0.29) is 11.5 Å². The molecule has 1 unspecified atom stereocenters. The number of fused-ring (bicyclic) bond motifs is 1. The maximum absolute atomic E-state index is 6.26. The molecule has 2 N–H and O–H groups in total. The van der Waals surface area contributed by atoms with E-state index in [0.717, 1.165) is 18.4 Å². The summed E-state index contributed by atoms with van der Waals surface area (Å²) in [4.78, 5) is 4.38. The molecule has 0 aliphatic rings. The molecule has 2 aromatic rings. The summed E-state index contributed by atoms with van der Waals surface area (Å²) in [5.41, 5.74) is 8.90. The van der Waals surface area contributed by atoms with Gasteiger partial charge in [0.15, 0.2) is 0 Å². The summed E-state index contributed by atoms with van der Waals surface area (Å²) >= 11 is 0. The number of para-hydroxylation sites is 1. The third-order valence-corrected chi connectivity index (χ3v) is 3.10. The number of rotatable bonds is 3. The highest BCUT2D eigenvalue weighted by Crippen LogP contribution is 2.23. The predicted molar refractivity (Wildman–Crippen MR) is 77.5 cm³/mol. The zero-order chi connectivity index (χ0) is 13.2. The van der Waals surface area contributed by atoms with Crippen LogP contribution < -0.4 is 5.73 Å². The van der Waals surface area contributed by atoms with Crippen molar-refractivity contribution in [1.82, 2.24) is 4.98 Å². The van der Waals surface area contributed by atoms with Crippen LogP contribution in [-0.2, 0) is 6.42 Å². The van der Waals surface area contributed by atoms with Crippen molar-refractivity contribution in [2.24, 2.45) is 11.1 Å². The molecule has 0 amide bonds. The minimum Gasteiger partial charge on any atom is -0.327 e. The Labute approximate surface area is 109 Å². The standard InChI is InChI=1S/C16H22N2/c1-16(2,3)11-13(17)10-12-8-9-18-15-7-5-4-6-14(12)15/h4-9,13H,10-11,17H2,1-3H3. The minimum atomic E-state index is 0.204. The first-order valence-electron chi connectivity index (χ1n) is 6.54. The van der Waals surface area contributed by atoms with E-state index in [9.17, 15) is 0 Å². The molecule has 2 rings (SSSR count). The lowest BCUT2D eigenvalue weighted by Gasteiger charge is -2.23. The van der Waals surface area contributed by atoms with Gasteiger partial charge in [-0.15, -0.1) is 0 Å². The van der Waals surface area contributed by atoms with Crippen LogP contribution >= 0.6 is 0 Å². The third kappa shape index (κ3) is 3.30. The van der Waals surface area contributed by atoms with Gasteiger partial charge in [0, 0.05) is 17.6 Å². The van der Waals surface area contributed by atoms with E-state index >= 15 is 0 Å².